The molecule has 0 aromatic rings. The van der Waals surface area contributed by atoms with Crippen LogP contribution in [0.3, 0.4) is 0 Å². The predicted molar refractivity (Wildman–Crippen MR) is 36.9 cm³/mol. The fourth-order valence-electron chi connectivity index (χ4n) is 0.568. The molecule has 62 valence electrons. The number of halogens is 3. The van der Waals surface area contributed by atoms with Crippen molar-refractivity contribution in [2.24, 2.45) is 0 Å². The van der Waals surface area contributed by atoms with E-state index in [1.54, 1.807) is 0 Å². The molecule has 0 saturated heterocycles. The normalized spacial score (nSPS) is 10.9. The first-order valence-electron chi connectivity index (χ1n) is 3.48. The van der Waals surface area contributed by atoms with Crippen LogP contribution >= 0.6 is 0 Å². The molecular formula is C5H12BF3KN. The Bertz CT molecular complexity index is 88.3. The van der Waals surface area contributed by atoms with E-state index in [9.17, 15) is 12.9 Å². The zero-order valence-corrected chi connectivity index (χ0v) is 10.2. The Kier molecular flexibility index (Phi) is 11.0. The van der Waals surface area contributed by atoms with E-state index in [1.807, 2.05) is 6.92 Å². The van der Waals surface area contributed by atoms with Gasteiger partial charge in [-0.25, -0.2) is 0 Å². The van der Waals surface area contributed by atoms with Crippen molar-refractivity contribution in [2.45, 2.75) is 19.8 Å². The summed E-state index contributed by atoms with van der Waals surface area (Å²) in [5, 5.41) is 2.33. The van der Waals surface area contributed by atoms with Crippen molar-refractivity contribution >= 4 is 6.98 Å². The predicted octanol–water partition coefficient (Wildman–Crippen LogP) is -1.23. The zero-order chi connectivity index (χ0) is 8.04. The average molecular weight is 193 g/mol. The van der Waals surface area contributed by atoms with Crippen molar-refractivity contribution in [3.05, 3.63) is 0 Å². The Morgan fingerprint density at radius 2 is 1.82 bits per heavy atom. The minimum Gasteiger partial charge on any atom is -0.448 e. The fourth-order valence-corrected chi connectivity index (χ4v) is 0.568. The Morgan fingerprint density at radius 1 is 1.27 bits per heavy atom. The maximum atomic E-state index is 11.5. The second-order valence-electron chi connectivity index (χ2n) is 2.27. The van der Waals surface area contributed by atoms with Crippen LogP contribution in [0.5, 0.6) is 0 Å². The van der Waals surface area contributed by atoms with Crippen molar-refractivity contribution in [1.82, 2.24) is 5.32 Å². The van der Waals surface area contributed by atoms with Gasteiger partial charge in [0.2, 0.25) is 0 Å². The van der Waals surface area contributed by atoms with Gasteiger partial charge in [0.15, 0.2) is 0 Å². The SMILES string of the molecule is CCCCNC[B-](F)(F)F.[K+]. The molecule has 0 spiro atoms. The molecule has 0 atom stereocenters. The van der Waals surface area contributed by atoms with Crippen molar-refractivity contribution in [3.8, 4) is 0 Å². The zero-order valence-electron chi connectivity index (χ0n) is 7.04. The molecule has 0 fully saturated rings. The number of hydrogen-bond donors (Lipinski definition) is 1. The van der Waals surface area contributed by atoms with E-state index >= 15 is 0 Å². The van der Waals surface area contributed by atoms with E-state index in [0.29, 0.717) is 6.54 Å². The third kappa shape index (κ3) is 14.3. The van der Waals surface area contributed by atoms with Gasteiger partial charge in [0.05, 0.1) is 0 Å². The summed E-state index contributed by atoms with van der Waals surface area (Å²) in [6.45, 7) is -2.21. The first-order chi connectivity index (χ1) is 4.56. The maximum Gasteiger partial charge on any atom is 1.00 e. The Balaban J connectivity index is 0. The molecule has 0 aliphatic carbocycles. The van der Waals surface area contributed by atoms with Gasteiger partial charge in [-0.2, -0.15) is 0 Å². The second-order valence-corrected chi connectivity index (χ2v) is 2.27. The Labute approximate surface area is 108 Å². The number of nitrogens with one attached hydrogen (secondary N) is 1. The fraction of sp³-hybridized carbons (Fsp3) is 1.00. The van der Waals surface area contributed by atoms with Crippen LogP contribution in [-0.2, 0) is 0 Å². The van der Waals surface area contributed by atoms with E-state index in [2.05, 4.69) is 5.32 Å². The van der Waals surface area contributed by atoms with E-state index in [1.165, 1.54) is 0 Å². The van der Waals surface area contributed by atoms with E-state index < -0.39 is 13.4 Å². The molecule has 11 heavy (non-hydrogen) atoms. The maximum absolute atomic E-state index is 11.5. The molecule has 0 saturated carbocycles. The second kappa shape index (κ2) is 8.07. The summed E-state index contributed by atoms with van der Waals surface area (Å²) in [5.74, 6) is 0. The molecular weight excluding hydrogens is 181 g/mol. The molecule has 0 aromatic heterocycles. The third-order valence-electron chi connectivity index (χ3n) is 1.08. The molecule has 0 unspecified atom stereocenters. The van der Waals surface area contributed by atoms with E-state index in [0.717, 1.165) is 12.8 Å². The summed E-state index contributed by atoms with van der Waals surface area (Å²) in [5.41, 5.74) is 0. The van der Waals surface area contributed by atoms with Gasteiger partial charge in [0.1, 0.15) is 0 Å². The molecule has 0 heterocycles. The summed E-state index contributed by atoms with van der Waals surface area (Å²) >= 11 is 0. The third-order valence-corrected chi connectivity index (χ3v) is 1.08. The molecule has 0 aliphatic rings. The van der Waals surface area contributed by atoms with Crippen LogP contribution in [0.4, 0.5) is 12.9 Å². The van der Waals surface area contributed by atoms with Crippen molar-refractivity contribution in [1.29, 1.82) is 0 Å². The van der Waals surface area contributed by atoms with Crippen molar-refractivity contribution in [2.75, 3.05) is 13.0 Å². The van der Waals surface area contributed by atoms with Crippen LogP contribution in [0.15, 0.2) is 0 Å². The number of rotatable bonds is 5. The summed E-state index contributed by atoms with van der Waals surface area (Å²) in [4.78, 5) is 0. The average Bonchev–Trinajstić information content (AvgIpc) is 1.78. The van der Waals surface area contributed by atoms with Crippen LogP contribution in [0.2, 0.25) is 0 Å². The van der Waals surface area contributed by atoms with Gasteiger partial charge in [-0.15, -0.1) is 0 Å². The molecule has 6 heteroatoms. The van der Waals surface area contributed by atoms with E-state index in [4.69, 9.17) is 0 Å². The van der Waals surface area contributed by atoms with Gasteiger partial charge >= 0.3 is 58.4 Å². The summed E-state index contributed by atoms with van der Waals surface area (Å²) in [6.07, 6.45) is 0.935. The van der Waals surface area contributed by atoms with Gasteiger partial charge in [-0.1, -0.05) is 13.3 Å². The summed E-state index contributed by atoms with van der Waals surface area (Å²) < 4.78 is 34.4. The molecule has 0 aliphatic heterocycles. The quantitative estimate of drug-likeness (QED) is 0.425. The molecule has 1 N–H and O–H groups in total. The van der Waals surface area contributed by atoms with Crippen molar-refractivity contribution in [3.63, 3.8) is 0 Å². The van der Waals surface area contributed by atoms with Crippen LogP contribution < -0.4 is 56.7 Å². The van der Waals surface area contributed by atoms with Gasteiger partial charge in [-0.05, 0) is 19.4 Å². The van der Waals surface area contributed by atoms with Crippen LogP contribution in [-0.4, -0.2) is 20.0 Å². The topological polar surface area (TPSA) is 12.0 Å². The molecule has 0 bridgehead atoms. The van der Waals surface area contributed by atoms with Gasteiger partial charge in [-0.3, -0.25) is 0 Å². The standard InChI is InChI=1S/C5H12BF3N.K/c1-2-3-4-10-5-6(7,8)9;/h10H,2-5H2,1H3;/q-1;+1. The minimum absolute atomic E-state index is 0. The first-order valence-corrected chi connectivity index (χ1v) is 3.48. The smallest absolute Gasteiger partial charge is 0.448 e. The van der Waals surface area contributed by atoms with Gasteiger partial charge < -0.3 is 18.3 Å². The van der Waals surface area contributed by atoms with Crippen LogP contribution in [0.1, 0.15) is 19.8 Å². The first kappa shape index (κ1) is 14.9. The van der Waals surface area contributed by atoms with Gasteiger partial charge in [0.25, 0.3) is 0 Å². The van der Waals surface area contributed by atoms with Crippen LogP contribution in [0.25, 0.3) is 0 Å². The van der Waals surface area contributed by atoms with Crippen molar-refractivity contribution < 1.29 is 64.3 Å². The summed E-state index contributed by atoms with van der Waals surface area (Å²) in [7, 11) is 0. The molecule has 1 nitrogen and oxygen atoms in total. The molecule has 0 radical (unpaired) electrons. The van der Waals surface area contributed by atoms with Crippen LogP contribution in [0, 0.1) is 0 Å². The Hall–Kier alpha value is 1.45. The number of hydrogen-bond acceptors (Lipinski definition) is 1. The largest absolute Gasteiger partial charge is 1.00 e. The minimum atomic E-state index is -4.63. The van der Waals surface area contributed by atoms with E-state index in [-0.39, 0.29) is 51.4 Å². The molecule has 0 amide bonds. The monoisotopic (exact) mass is 193 g/mol. The number of unbranched alkanes of at least 4 members (excludes halogenated alkanes) is 1. The Morgan fingerprint density at radius 3 is 2.18 bits per heavy atom. The molecule has 0 rings (SSSR count). The van der Waals surface area contributed by atoms with Gasteiger partial charge in [0, 0.05) is 0 Å². The summed E-state index contributed by atoms with van der Waals surface area (Å²) in [6, 6.07) is 0. The molecule has 0 aromatic carbocycles.